The van der Waals surface area contributed by atoms with Crippen LogP contribution in [0.1, 0.15) is 82.9 Å². The number of carbonyl (C=O) groups excluding carboxylic acids is 1. The van der Waals surface area contributed by atoms with Gasteiger partial charge in [-0.15, -0.1) is 0 Å². The van der Waals surface area contributed by atoms with Crippen molar-refractivity contribution in [1.82, 2.24) is 15.1 Å². The van der Waals surface area contributed by atoms with Crippen molar-refractivity contribution in [2.24, 2.45) is 5.41 Å². The maximum absolute atomic E-state index is 12.6. The molecule has 1 saturated carbocycles. The summed E-state index contributed by atoms with van der Waals surface area (Å²) >= 11 is 0. The number of carbonyl (C=O) groups is 1. The number of nitrogens with zero attached hydrogens (tertiary/aromatic N) is 2. The molecule has 0 aliphatic heterocycles. The molecule has 1 heterocycles. The minimum Gasteiger partial charge on any atom is -0.396 e. The highest BCUT2D eigenvalue weighted by atomic mass is 16.3. The SMILES string of the molecule is CC(C)(C)C(CCO)NC(=O)c1cc(C2CC2)n(C(C)(C)C)n1. The van der Waals surface area contributed by atoms with Gasteiger partial charge in [-0.2, -0.15) is 5.10 Å². The van der Waals surface area contributed by atoms with Gasteiger partial charge in [0.05, 0.1) is 5.54 Å². The van der Waals surface area contributed by atoms with Gasteiger partial charge in [0, 0.05) is 24.3 Å². The molecule has 5 heteroatoms. The zero-order valence-corrected chi connectivity index (χ0v) is 15.3. The fraction of sp³-hybridized carbons (Fsp3) is 0.778. The quantitative estimate of drug-likeness (QED) is 0.876. The van der Waals surface area contributed by atoms with Gasteiger partial charge >= 0.3 is 0 Å². The highest BCUT2D eigenvalue weighted by Crippen LogP contribution is 2.41. The van der Waals surface area contributed by atoms with Crippen molar-refractivity contribution < 1.29 is 9.90 Å². The first kappa shape index (κ1) is 18.0. The lowest BCUT2D eigenvalue weighted by Crippen LogP contribution is -2.44. The summed E-state index contributed by atoms with van der Waals surface area (Å²) in [6.45, 7) is 12.6. The summed E-state index contributed by atoms with van der Waals surface area (Å²) in [4.78, 5) is 12.6. The zero-order chi connectivity index (χ0) is 17.4. The van der Waals surface area contributed by atoms with Gasteiger partial charge in [0.25, 0.3) is 5.91 Å². The van der Waals surface area contributed by atoms with Gasteiger partial charge in [0.2, 0.25) is 0 Å². The van der Waals surface area contributed by atoms with Crippen LogP contribution in [0.5, 0.6) is 0 Å². The number of nitrogens with one attached hydrogen (secondary N) is 1. The first-order valence-corrected chi connectivity index (χ1v) is 8.56. The molecule has 1 aromatic rings. The topological polar surface area (TPSA) is 67.2 Å². The largest absolute Gasteiger partial charge is 0.396 e. The molecule has 1 unspecified atom stereocenters. The second-order valence-corrected chi connectivity index (χ2v) is 8.72. The smallest absolute Gasteiger partial charge is 0.272 e. The van der Waals surface area contributed by atoms with Gasteiger partial charge in [-0.05, 0) is 51.5 Å². The Morgan fingerprint density at radius 2 is 1.96 bits per heavy atom. The molecule has 5 nitrogen and oxygen atoms in total. The van der Waals surface area contributed by atoms with Crippen LogP contribution in [0.3, 0.4) is 0 Å². The van der Waals surface area contributed by atoms with Crippen LogP contribution < -0.4 is 5.32 Å². The number of hydrogen-bond acceptors (Lipinski definition) is 3. The molecular formula is C18H31N3O2. The molecule has 1 aliphatic rings. The average molecular weight is 321 g/mol. The number of aromatic nitrogens is 2. The first-order valence-electron chi connectivity index (χ1n) is 8.56. The van der Waals surface area contributed by atoms with Crippen molar-refractivity contribution in [2.75, 3.05) is 6.61 Å². The highest BCUT2D eigenvalue weighted by Gasteiger charge is 2.33. The number of aliphatic hydroxyl groups excluding tert-OH is 1. The predicted octanol–water partition coefficient (Wildman–Crippen LogP) is 3.04. The monoisotopic (exact) mass is 321 g/mol. The van der Waals surface area contributed by atoms with E-state index in [1.165, 1.54) is 12.8 Å². The van der Waals surface area contributed by atoms with Gasteiger partial charge in [-0.1, -0.05) is 20.8 Å². The Bertz CT molecular complexity index is 560. The molecular weight excluding hydrogens is 290 g/mol. The summed E-state index contributed by atoms with van der Waals surface area (Å²) < 4.78 is 2.00. The molecule has 0 saturated heterocycles. The third-order valence-corrected chi connectivity index (χ3v) is 4.37. The van der Waals surface area contributed by atoms with E-state index in [9.17, 15) is 9.90 Å². The lowest BCUT2D eigenvalue weighted by atomic mass is 9.85. The van der Waals surface area contributed by atoms with Gasteiger partial charge in [-0.25, -0.2) is 0 Å². The molecule has 0 bridgehead atoms. The Labute approximate surface area is 139 Å². The van der Waals surface area contributed by atoms with Crippen LogP contribution in [0.2, 0.25) is 0 Å². The summed E-state index contributed by atoms with van der Waals surface area (Å²) in [7, 11) is 0. The Balaban J connectivity index is 2.22. The fourth-order valence-electron chi connectivity index (χ4n) is 2.80. The van der Waals surface area contributed by atoms with Gasteiger partial charge in [0.15, 0.2) is 0 Å². The lowest BCUT2D eigenvalue weighted by Gasteiger charge is -2.30. The van der Waals surface area contributed by atoms with E-state index >= 15 is 0 Å². The predicted molar refractivity (Wildman–Crippen MR) is 91.6 cm³/mol. The van der Waals surface area contributed by atoms with Crippen LogP contribution in [0.25, 0.3) is 0 Å². The molecule has 2 N–H and O–H groups in total. The molecule has 0 aromatic carbocycles. The Morgan fingerprint density at radius 3 is 2.39 bits per heavy atom. The van der Waals surface area contributed by atoms with Crippen LogP contribution >= 0.6 is 0 Å². The molecule has 2 rings (SSSR count). The van der Waals surface area contributed by atoms with E-state index in [0.29, 0.717) is 18.0 Å². The summed E-state index contributed by atoms with van der Waals surface area (Å²) in [6.07, 6.45) is 2.90. The van der Waals surface area contributed by atoms with E-state index in [0.717, 1.165) is 5.69 Å². The van der Waals surface area contributed by atoms with Crippen LogP contribution in [0, 0.1) is 5.41 Å². The molecule has 130 valence electrons. The number of amides is 1. The van der Waals surface area contributed by atoms with Crippen molar-refractivity contribution in [3.8, 4) is 0 Å². The number of hydrogen-bond donors (Lipinski definition) is 2. The second-order valence-electron chi connectivity index (χ2n) is 8.72. The summed E-state index contributed by atoms with van der Waals surface area (Å²) in [5, 5.41) is 16.9. The maximum atomic E-state index is 12.6. The van der Waals surface area contributed by atoms with E-state index in [-0.39, 0.29) is 29.5 Å². The zero-order valence-electron chi connectivity index (χ0n) is 15.3. The lowest BCUT2D eigenvalue weighted by molar-refractivity contribution is 0.0878. The third-order valence-electron chi connectivity index (χ3n) is 4.37. The van der Waals surface area contributed by atoms with E-state index < -0.39 is 0 Å². The first-order chi connectivity index (χ1) is 10.5. The van der Waals surface area contributed by atoms with Gasteiger partial charge in [-0.3, -0.25) is 9.48 Å². The molecule has 23 heavy (non-hydrogen) atoms. The molecule has 1 aliphatic carbocycles. The van der Waals surface area contributed by atoms with Gasteiger partial charge < -0.3 is 10.4 Å². The van der Waals surface area contributed by atoms with Crippen LogP contribution in [-0.4, -0.2) is 33.4 Å². The van der Waals surface area contributed by atoms with E-state index in [4.69, 9.17) is 0 Å². The molecule has 1 amide bonds. The second kappa shape index (κ2) is 6.27. The molecule has 1 aromatic heterocycles. The van der Waals surface area contributed by atoms with Crippen molar-refractivity contribution in [1.29, 1.82) is 0 Å². The van der Waals surface area contributed by atoms with Crippen molar-refractivity contribution in [3.05, 3.63) is 17.5 Å². The minimum absolute atomic E-state index is 0.0615. The minimum atomic E-state index is -0.150. The summed E-state index contributed by atoms with van der Waals surface area (Å²) in [5.41, 5.74) is 1.40. The van der Waals surface area contributed by atoms with E-state index in [1.54, 1.807) is 0 Å². The Kier molecular flexibility index (Phi) is 4.90. The Morgan fingerprint density at radius 1 is 1.35 bits per heavy atom. The molecule has 0 radical (unpaired) electrons. The van der Waals surface area contributed by atoms with E-state index in [2.05, 4.69) is 52.0 Å². The third kappa shape index (κ3) is 4.34. The standard InChI is InChI=1S/C18H31N3O2/c1-17(2,3)15(9-10-22)19-16(23)13-11-14(12-7-8-12)21(20-13)18(4,5)6/h11-12,15,22H,7-10H2,1-6H3,(H,19,23). The fourth-order valence-corrected chi connectivity index (χ4v) is 2.80. The van der Waals surface area contributed by atoms with Crippen LogP contribution in [-0.2, 0) is 5.54 Å². The molecule has 0 spiro atoms. The van der Waals surface area contributed by atoms with E-state index in [1.807, 2.05) is 10.7 Å². The van der Waals surface area contributed by atoms with Crippen LogP contribution in [0.15, 0.2) is 6.07 Å². The van der Waals surface area contributed by atoms with Crippen molar-refractivity contribution in [3.63, 3.8) is 0 Å². The van der Waals surface area contributed by atoms with Crippen LogP contribution in [0.4, 0.5) is 0 Å². The van der Waals surface area contributed by atoms with Crippen molar-refractivity contribution in [2.45, 2.75) is 78.3 Å². The summed E-state index contributed by atoms with van der Waals surface area (Å²) in [6, 6.07) is 1.86. The average Bonchev–Trinajstić information content (AvgIpc) is 3.14. The normalized spacial score (nSPS) is 17.2. The highest BCUT2D eigenvalue weighted by molar-refractivity contribution is 5.92. The van der Waals surface area contributed by atoms with Crippen molar-refractivity contribution >= 4 is 5.91 Å². The maximum Gasteiger partial charge on any atom is 0.272 e. The Hall–Kier alpha value is -1.36. The number of rotatable bonds is 5. The van der Waals surface area contributed by atoms with Gasteiger partial charge in [0.1, 0.15) is 5.69 Å². The summed E-state index contributed by atoms with van der Waals surface area (Å²) in [5.74, 6) is 0.391. The molecule has 1 atom stereocenters. The molecule has 1 fully saturated rings. The number of aliphatic hydroxyl groups is 1.